The van der Waals surface area contributed by atoms with Crippen molar-refractivity contribution >= 4 is 65.7 Å². The molecule has 230 valence electrons. The van der Waals surface area contributed by atoms with Gasteiger partial charge in [0.1, 0.15) is 21.9 Å². The highest BCUT2D eigenvalue weighted by atomic mass is 32.2. The quantitative estimate of drug-likeness (QED) is 0.176. The SMILES string of the molecule is C[Si]1(C)c2ccccc2Oc2c(N(c3cccc4c3Oc3ccccc3O4)c3cccc4c3Sc3ccccc3[Si]4(C)C)cccc21. The third-order valence-electron chi connectivity index (χ3n) is 9.84. The van der Waals surface area contributed by atoms with Gasteiger partial charge in [0, 0.05) is 9.79 Å². The molecular formula is C40H33NO3SSi2. The average molecular weight is 664 g/mol. The number of hydrogen-bond acceptors (Lipinski definition) is 5. The molecule has 0 radical (unpaired) electrons. The van der Waals surface area contributed by atoms with Gasteiger partial charge in [-0.2, -0.15) is 0 Å². The maximum atomic E-state index is 6.93. The largest absolute Gasteiger partial charge is 0.455 e. The molecular weight excluding hydrogens is 631 g/mol. The normalized spacial score (nSPS) is 15.6. The van der Waals surface area contributed by atoms with Gasteiger partial charge in [0.15, 0.2) is 28.7 Å². The molecule has 3 aliphatic heterocycles. The summed E-state index contributed by atoms with van der Waals surface area (Å²) in [5, 5.41) is 5.51. The Morgan fingerprint density at radius 2 is 0.936 bits per heavy atom. The van der Waals surface area contributed by atoms with Crippen molar-refractivity contribution in [2.24, 2.45) is 0 Å². The zero-order valence-corrected chi connectivity index (χ0v) is 29.5. The first kappa shape index (κ1) is 28.5. The monoisotopic (exact) mass is 663 g/mol. The summed E-state index contributed by atoms with van der Waals surface area (Å²) in [6.45, 7) is 9.78. The van der Waals surface area contributed by atoms with Crippen LogP contribution in [0, 0.1) is 0 Å². The van der Waals surface area contributed by atoms with Crippen LogP contribution in [0.25, 0.3) is 0 Å². The molecule has 0 spiro atoms. The van der Waals surface area contributed by atoms with Gasteiger partial charge in [0.25, 0.3) is 0 Å². The Morgan fingerprint density at radius 3 is 1.72 bits per heavy atom. The lowest BCUT2D eigenvalue weighted by atomic mass is 10.1. The highest BCUT2D eigenvalue weighted by Crippen LogP contribution is 2.55. The van der Waals surface area contributed by atoms with E-state index in [1.165, 1.54) is 30.5 Å². The predicted molar refractivity (Wildman–Crippen MR) is 198 cm³/mol. The van der Waals surface area contributed by atoms with Crippen molar-refractivity contribution in [3.05, 3.63) is 127 Å². The summed E-state index contributed by atoms with van der Waals surface area (Å²) in [5.41, 5.74) is 2.99. The minimum Gasteiger partial charge on any atom is -0.455 e. The molecule has 0 fully saturated rings. The second kappa shape index (κ2) is 10.4. The number of para-hydroxylation sites is 5. The van der Waals surface area contributed by atoms with Crippen LogP contribution in [0.2, 0.25) is 26.2 Å². The van der Waals surface area contributed by atoms with Gasteiger partial charge in [0.2, 0.25) is 0 Å². The Balaban J connectivity index is 1.32. The zero-order chi connectivity index (χ0) is 31.9. The maximum Gasteiger partial charge on any atom is 0.194 e. The van der Waals surface area contributed by atoms with E-state index in [0.717, 1.165) is 28.6 Å². The van der Waals surface area contributed by atoms with E-state index in [9.17, 15) is 0 Å². The third-order valence-corrected chi connectivity index (χ3v) is 18.5. The Hall–Kier alpha value is -4.70. The van der Waals surface area contributed by atoms with E-state index in [1.807, 2.05) is 42.1 Å². The van der Waals surface area contributed by atoms with Crippen molar-refractivity contribution in [3.8, 4) is 34.5 Å². The number of ether oxygens (including phenoxy) is 3. The minimum atomic E-state index is -2.09. The standard InChI is InChI=1S/C40H33NO3SSi2/c1-46(2)34-22-9-7-19-31(34)44-39-27(15-12-24-36(39)46)41(26-14-11-20-32-38(26)43-30-18-6-5-17-29(30)42-32)28-16-13-25-37-40(28)45-33-21-8-10-23-35(33)47(37,3)4/h5-25H,1-4H3. The fourth-order valence-corrected chi connectivity index (χ4v) is 15.7. The van der Waals surface area contributed by atoms with Crippen LogP contribution >= 0.6 is 11.8 Å². The molecule has 0 saturated heterocycles. The molecule has 0 N–H and O–H groups in total. The average Bonchev–Trinajstić information content (AvgIpc) is 3.08. The predicted octanol–water partition coefficient (Wildman–Crippen LogP) is 9.27. The van der Waals surface area contributed by atoms with Crippen LogP contribution in [0.4, 0.5) is 17.1 Å². The third kappa shape index (κ3) is 4.27. The van der Waals surface area contributed by atoms with E-state index < -0.39 is 16.1 Å². The van der Waals surface area contributed by atoms with Crippen LogP contribution in [0.1, 0.15) is 0 Å². The molecule has 0 aliphatic carbocycles. The highest BCUT2D eigenvalue weighted by Gasteiger charge is 2.41. The molecule has 3 heterocycles. The molecule has 0 unspecified atom stereocenters. The molecule has 7 heteroatoms. The number of benzene rings is 6. The van der Waals surface area contributed by atoms with Crippen LogP contribution in [0.15, 0.2) is 137 Å². The van der Waals surface area contributed by atoms with Crippen molar-refractivity contribution in [2.75, 3.05) is 4.90 Å². The summed E-state index contributed by atoms with van der Waals surface area (Å²) in [4.78, 5) is 4.97. The van der Waals surface area contributed by atoms with Gasteiger partial charge in [-0.05, 0) is 69.3 Å². The van der Waals surface area contributed by atoms with E-state index in [2.05, 4.69) is 128 Å². The fourth-order valence-electron chi connectivity index (χ4n) is 7.35. The molecule has 9 rings (SSSR count). The zero-order valence-electron chi connectivity index (χ0n) is 26.7. The lowest BCUT2D eigenvalue weighted by molar-refractivity contribution is 0.360. The smallest absolute Gasteiger partial charge is 0.194 e. The summed E-state index contributed by atoms with van der Waals surface area (Å²) in [5.74, 6) is 4.65. The van der Waals surface area contributed by atoms with E-state index in [0.29, 0.717) is 23.0 Å². The second-order valence-corrected chi connectivity index (χ2v) is 23.1. The summed E-state index contributed by atoms with van der Waals surface area (Å²) in [6, 6.07) is 45.0. The van der Waals surface area contributed by atoms with E-state index >= 15 is 0 Å². The van der Waals surface area contributed by atoms with Gasteiger partial charge < -0.3 is 19.1 Å². The number of fused-ring (bicyclic) bond motifs is 6. The number of rotatable bonds is 3. The molecule has 6 aromatic rings. The summed E-state index contributed by atoms with van der Waals surface area (Å²) < 4.78 is 20.1. The second-order valence-electron chi connectivity index (χ2n) is 13.3. The first-order valence-electron chi connectivity index (χ1n) is 16.0. The molecule has 0 amide bonds. The molecule has 4 nitrogen and oxygen atoms in total. The minimum absolute atomic E-state index is 0.687. The molecule has 47 heavy (non-hydrogen) atoms. The van der Waals surface area contributed by atoms with Gasteiger partial charge in [-0.3, -0.25) is 0 Å². The Kier molecular flexibility index (Phi) is 6.31. The summed E-state index contributed by atoms with van der Waals surface area (Å²) >= 11 is 1.87. The van der Waals surface area contributed by atoms with Gasteiger partial charge in [-0.15, -0.1) is 0 Å². The fraction of sp³-hybridized carbons (Fsp3) is 0.100. The molecule has 3 aliphatic rings. The van der Waals surface area contributed by atoms with Gasteiger partial charge in [-0.1, -0.05) is 117 Å². The van der Waals surface area contributed by atoms with Gasteiger partial charge >= 0.3 is 0 Å². The van der Waals surface area contributed by atoms with E-state index in [-0.39, 0.29) is 0 Å². The van der Waals surface area contributed by atoms with Crippen molar-refractivity contribution in [2.45, 2.75) is 36.0 Å². The summed E-state index contributed by atoms with van der Waals surface area (Å²) in [6.07, 6.45) is 0. The van der Waals surface area contributed by atoms with Crippen LogP contribution < -0.4 is 39.9 Å². The Morgan fingerprint density at radius 1 is 0.426 bits per heavy atom. The molecule has 0 aromatic heterocycles. The lowest BCUT2D eigenvalue weighted by Gasteiger charge is -2.39. The van der Waals surface area contributed by atoms with Crippen molar-refractivity contribution in [1.29, 1.82) is 0 Å². The van der Waals surface area contributed by atoms with Crippen LogP contribution in [-0.2, 0) is 0 Å². The number of nitrogens with zero attached hydrogens (tertiary/aromatic N) is 1. The van der Waals surface area contributed by atoms with E-state index in [4.69, 9.17) is 14.2 Å². The summed E-state index contributed by atoms with van der Waals surface area (Å²) in [7, 11) is -4.11. The van der Waals surface area contributed by atoms with Gasteiger partial charge in [-0.25, -0.2) is 0 Å². The van der Waals surface area contributed by atoms with Crippen molar-refractivity contribution in [3.63, 3.8) is 0 Å². The maximum absolute atomic E-state index is 6.93. The topological polar surface area (TPSA) is 30.9 Å². The molecule has 6 aromatic carbocycles. The first-order chi connectivity index (χ1) is 22.8. The highest BCUT2D eigenvalue weighted by molar-refractivity contribution is 8.00. The molecule has 0 atom stereocenters. The van der Waals surface area contributed by atoms with Gasteiger partial charge in [0.05, 0.1) is 17.1 Å². The van der Waals surface area contributed by atoms with Crippen LogP contribution in [-0.4, -0.2) is 16.1 Å². The molecule has 0 saturated carbocycles. The Bertz CT molecular complexity index is 2140. The van der Waals surface area contributed by atoms with Crippen molar-refractivity contribution < 1.29 is 14.2 Å². The first-order valence-corrected chi connectivity index (χ1v) is 22.8. The molecule has 0 bridgehead atoms. The van der Waals surface area contributed by atoms with Crippen LogP contribution in [0.3, 0.4) is 0 Å². The Labute approximate surface area is 281 Å². The number of anilines is 3. The number of hydrogen-bond donors (Lipinski definition) is 0. The van der Waals surface area contributed by atoms with Crippen molar-refractivity contribution in [1.82, 2.24) is 0 Å². The lowest BCUT2D eigenvalue weighted by Crippen LogP contribution is -2.56. The van der Waals surface area contributed by atoms with Crippen LogP contribution in [0.5, 0.6) is 34.5 Å². The van der Waals surface area contributed by atoms with E-state index in [1.54, 1.807) is 0 Å².